The predicted octanol–water partition coefficient (Wildman–Crippen LogP) is 3.78. The minimum atomic E-state index is -0.603. The number of hydrogen-bond donors (Lipinski definition) is 0. The van der Waals surface area contributed by atoms with E-state index < -0.39 is 24.0 Å². The molecule has 0 aromatic rings. The number of epoxide rings is 1. The Kier molecular flexibility index (Phi) is 28.8. The average molecular weight is 699 g/mol. The smallest absolute Gasteiger partial charge is 0.333 e. The molecule has 0 bridgehead atoms. The van der Waals surface area contributed by atoms with Crippen LogP contribution >= 0.6 is 0 Å². The van der Waals surface area contributed by atoms with Crippen molar-refractivity contribution in [1.29, 1.82) is 0 Å². The van der Waals surface area contributed by atoms with E-state index in [9.17, 15) is 24.0 Å². The van der Waals surface area contributed by atoms with Gasteiger partial charge in [-0.3, -0.25) is 0 Å². The lowest BCUT2D eigenvalue weighted by molar-refractivity contribution is -0.144. The molecule has 0 aromatic carbocycles. The van der Waals surface area contributed by atoms with Gasteiger partial charge in [0.25, 0.3) is 0 Å². The number of methoxy groups -OCH3 is 1. The number of ether oxygens (including phenoxy) is 9. The first-order valence-electron chi connectivity index (χ1n) is 15.6. The third-order valence-corrected chi connectivity index (χ3v) is 5.52. The number of unbranched alkanes of at least 4 members (excludes halogenated alkanes) is 1. The number of hydrogen-bond acceptors (Lipinski definition) is 14. The first-order valence-corrected chi connectivity index (χ1v) is 15.6. The van der Waals surface area contributed by atoms with Crippen LogP contribution in [0.1, 0.15) is 47.0 Å². The number of rotatable bonds is 24. The third kappa shape index (κ3) is 29.7. The highest BCUT2D eigenvalue weighted by Gasteiger charge is 2.25. The number of carbonyl (C=O) groups is 5. The Balaban J connectivity index is 0. The zero-order chi connectivity index (χ0) is 37.6. The van der Waals surface area contributed by atoms with Crippen LogP contribution in [0, 0.1) is 0 Å². The van der Waals surface area contributed by atoms with Gasteiger partial charge in [-0.25, -0.2) is 24.0 Å². The molecule has 0 aliphatic carbocycles. The van der Waals surface area contributed by atoms with Gasteiger partial charge in [-0.05, 0) is 27.2 Å². The highest BCUT2D eigenvalue weighted by Crippen LogP contribution is 2.14. The minimum absolute atomic E-state index is 0.0437. The summed E-state index contributed by atoms with van der Waals surface area (Å²) < 4.78 is 45.5. The Hall–Kier alpha value is -4.11. The van der Waals surface area contributed by atoms with Gasteiger partial charge in [-0.2, -0.15) is 0 Å². The molecule has 0 amide bonds. The van der Waals surface area contributed by atoms with Crippen molar-refractivity contribution < 1.29 is 66.6 Å². The maximum atomic E-state index is 12.0. The molecule has 1 heterocycles. The monoisotopic (exact) mass is 698 g/mol. The normalized spacial score (nSPS) is 13.0. The largest absolute Gasteiger partial charge is 0.466 e. The predicted molar refractivity (Wildman–Crippen MR) is 180 cm³/mol. The summed E-state index contributed by atoms with van der Waals surface area (Å²) in [5.41, 5.74) is 1.23. The van der Waals surface area contributed by atoms with Crippen LogP contribution in [0.5, 0.6) is 0 Å². The molecule has 0 radical (unpaired) electrons. The molecule has 1 aliphatic rings. The van der Waals surface area contributed by atoms with Crippen molar-refractivity contribution in [2.45, 2.75) is 59.2 Å². The fourth-order valence-electron chi connectivity index (χ4n) is 2.71. The van der Waals surface area contributed by atoms with E-state index in [0.29, 0.717) is 37.6 Å². The Morgan fingerprint density at radius 2 is 1.27 bits per heavy atom. The summed E-state index contributed by atoms with van der Waals surface area (Å²) in [4.78, 5) is 55.4. The zero-order valence-electron chi connectivity index (χ0n) is 29.7. The highest BCUT2D eigenvalue weighted by molar-refractivity contribution is 5.88. The maximum Gasteiger partial charge on any atom is 0.333 e. The first-order chi connectivity index (χ1) is 23.2. The lowest BCUT2D eigenvalue weighted by atomic mass is 10.1. The van der Waals surface area contributed by atoms with Crippen molar-refractivity contribution >= 4 is 29.8 Å². The van der Waals surface area contributed by atoms with Crippen LogP contribution in [0.15, 0.2) is 61.3 Å². The lowest BCUT2D eigenvalue weighted by Gasteiger charge is -2.19. The minimum Gasteiger partial charge on any atom is -0.466 e. The van der Waals surface area contributed by atoms with Crippen molar-refractivity contribution in [2.24, 2.45) is 0 Å². The van der Waals surface area contributed by atoms with Gasteiger partial charge >= 0.3 is 29.8 Å². The standard InChI is InChI=1S/C23H34O10.C7H12O2.C5H8O2/c1-16(2)21(24)30-11-9-28-7-6-27-8-10-29-19(13-32-22(25)17(3)4)12-18(5)23(26)33-15-20-14-31-20;1-3-5-6-9-7(8)4-2;1-4(2)5(6)7-3/h19-20H,1,3,5-15H2,2,4H3;4H,2-3,5-6H2,1H3;1H2,2-3H3. The molecular weight excluding hydrogens is 644 g/mol. The van der Waals surface area contributed by atoms with E-state index in [0.717, 1.165) is 12.8 Å². The topological polar surface area (TPSA) is 172 Å². The van der Waals surface area contributed by atoms with Gasteiger partial charge < -0.3 is 42.6 Å². The molecule has 2 atom stereocenters. The molecule has 49 heavy (non-hydrogen) atoms. The highest BCUT2D eigenvalue weighted by atomic mass is 16.6. The number of esters is 5. The summed E-state index contributed by atoms with van der Waals surface area (Å²) in [6.07, 6.45) is 2.63. The van der Waals surface area contributed by atoms with Gasteiger partial charge in [0.1, 0.15) is 25.9 Å². The van der Waals surface area contributed by atoms with Crippen LogP contribution in [0.4, 0.5) is 0 Å². The van der Waals surface area contributed by atoms with E-state index in [4.69, 9.17) is 33.2 Å². The van der Waals surface area contributed by atoms with E-state index >= 15 is 0 Å². The summed E-state index contributed by atoms with van der Waals surface area (Å²) in [6.45, 7) is 26.8. The maximum absolute atomic E-state index is 12.0. The van der Waals surface area contributed by atoms with Gasteiger partial charge in [0, 0.05) is 34.8 Å². The number of carbonyl (C=O) groups excluding carboxylic acids is 5. The molecule has 0 spiro atoms. The van der Waals surface area contributed by atoms with Crippen LogP contribution in [0.3, 0.4) is 0 Å². The lowest BCUT2D eigenvalue weighted by Crippen LogP contribution is -2.26. The van der Waals surface area contributed by atoms with E-state index in [1.807, 2.05) is 6.92 Å². The first kappa shape index (κ1) is 47.0. The summed E-state index contributed by atoms with van der Waals surface area (Å²) in [6, 6.07) is 0. The van der Waals surface area contributed by atoms with Crippen molar-refractivity contribution in [2.75, 3.05) is 73.2 Å². The Morgan fingerprint density at radius 3 is 1.73 bits per heavy atom. The summed E-state index contributed by atoms with van der Waals surface area (Å²) in [7, 11) is 1.33. The summed E-state index contributed by atoms with van der Waals surface area (Å²) >= 11 is 0. The van der Waals surface area contributed by atoms with Crippen LogP contribution in [0.2, 0.25) is 0 Å². The van der Waals surface area contributed by atoms with Crippen molar-refractivity contribution in [3.05, 3.63) is 61.3 Å². The third-order valence-electron chi connectivity index (χ3n) is 5.52. The molecule has 1 aliphatic heterocycles. The van der Waals surface area contributed by atoms with Crippen LogP contribution in [0.25, 0.3) is 0 Å². The molecule has 0 N–H and O–H groups in total. The molecule has 1 fully saturated rings. The van der Waals surface area contributed by atoms with Crippen LogP contribution in [-0.4, -0.2) is 115 Å². The van der Waals surface area contributed by atoms with E-state index in [1.165, 1.54) is 20.1 Å². The quantitative estimate of drug-likeness (QED) is 0.0469. The molecule has 278 valence electrons. The van der Waals surface area contributed by atoms with Gasteiger partial charge in [-0.15, -0.1) is 0 Å². The molecule has 1 saturated heterocycles. The second-order valence-electron chi connectivity index (χ2n) is 10.4. The zero-order valence-corrected chi connectivity index (χ0v) is 29.7. The Labute approximate surface area is 290 Å². The van der Waals surface area contributed by atoms with Crippen molar-refractivity contribution in [3.63, 3.8) is 0 Å². The summed E-state index contributed by atoms with van der Waals surface area (Å²) in [5.74, 6) is -2.23. The van der Waals surface area contributed by atoms with E-state index in [1.54, 1.807) is 13.8 Å². The second kappa shape index (κ2) is 30.0. The Bertz CT molecular complexity index is 1090. The molecule has 1 rings (SSSR count). The van der Waals surface area contributed by atoms with Crippen molar-refractivity contribution in [3.8, 4) is 0 Å². The van der Waals surface area contributed by atoms with Crippen molar-refractivity contribution in [1.82, 2.24) is 0 Å². The molecular formula is C35H54O14. The van der Waals surface area contributed by atoms with Gasteiger partial charge in [0.2, 0.25) is 0 Å². The van der Waals surface area contributed by atoms with Gasteiger partial charge in [0.15, 0.2) is 0 Å². The van der Waals surface area contributed by atoms with E-state index in [-0.39, 0.29) is 75.3 Å². The molecule has 0 saturated carbocycles. The molecule has 14 heteroatoms. The summed E-state index contributed by atoms with van der Waals surface area (Å²) in [5, 5.41) is 0. The average Bonchev–Trinajstić information content (AvgIpc) is 3.91. The van der Waals surface area contributed by atoms with Gasteiger partial charge in [-0.1, -0.05) is 46.2 Å². The van der Waals surface area contributed by atoms with Crippen LogP contribution < -0.4 is 0 Å². The molecule has 0 aromatic heterocycles. The van der Waals surface area contributed by atoms with Crippen LogP contribution in [-0.2, 0) is 66.6 Å². The Morgan fingerprint density at radius 1 is 0.735 bits per heavy atom. The molecule has 2 unspecified atom stereocenters. The second-order valence-corrected chi connectivity index (χ2v) is 10.4. The van der Waals surface area contributed by atoms with E-state index in [2.05, 4.69) is 42.4 Å². The SMILES string of the molecule is C=C(C)C(=O)OC.C=C(C)C(=O)OCCOCCOCCOC(COC(=O)C(=C)C)CC(=C)C(=O)OCC1CO1.C=CC(=O)OCCCC. The fraction of sp³-hybridized carbons (Fsp3) is 0.571. The van der Waals surface area contributed by atoms with Gasteiger partial charge in [0.05, 0.1) is 59.5 Å². The molecule has 14 nitrogen and oxygen atoms in total. The fourth-order valence-corrected chi connectivity index (χ4v) is 2.71.